The number of benzene rings is 2. The van der Waals surface area contributed by atoms with E-state index in [1.807, 2.05) is 55.5 Å². The number of aryl methyl sites for hydroxylation is 2. The molecule has 4 heteroatoms. The van der Waals surface area contributed by atoms with Gasteiger partial charge in [-0.1, -0.05) is 50.2 Å². The van der Waals surface area contributed by atoms with E-state index in [0.29, 0.717) is 28.8 Å². The highest BCUT2D eigenvalue weighted by Crippen LogP contribution is 2.37. The van der Waals surface area contributed by atoms with Gasteiger partial charge in [0.25, 0.3) is 11.8 Å². The Labute approximate surface area is 172 Å². The summed E-state index contributed by atoms with van der Waals surface area (Å²) in [6.45, 7) is 10.1. The van der Waals surface area contributed by atoms with Crippen LogP contribution in [0.4, 0.5) is 5.69 Å². The zero-order valence-electron chi connectivity index (χ0n) is 17.6. The van der Waals surface area contributed by atoms with Crippen LogP contribution in [0.15, 0.2) is 54.2 Å². The Bertz CT molecular complexity index is 983. The van der Waals surface area contributed by atoms with E-state index in [9.17, 15) is 9.59 Å². The quantitative estimate of drug-likeness (QED) is 0.724. The van der Waals surface area contributed by atoms with Crippen LogP contribution in [0.3, 0.4) is 0 Å². The summed E-state index contributed by atoms with van der Waals surface area (Å²) < 4.78 is 0. The van der Waals surface area contributed by atoms with Crippen molar-refractivity contribution in [3.05, 3.63) is 70.9 Å². The fourth-order valence-electron chi connectivity index (χ4n) is 4.63. The van der Waals surface area contributed by atoms with Gasteiger partial charge in [-0.3, -0.25) is 9.59 Å². The van der Waals surface area contributed by atoms with Crippen LogP contribution in [0, 0.1) is 25.7 Å². The minimum absolute atomic E-state index is 0.212. The maximum Gasteiger partial charge on any atom is 0.282 e. The highest BCUT2D eigenvalue weighted by Gasteiger charge is 2.43. The van der Waals surface area contributed by atoms with E-state index < -0.39 is 0 Å². The number of carbonyl (C=O) groups is 2. The summed E-state index contributed by atoms with van der Waals surface area (Å²) in [6, 6.07) is 15.3. The molecular weight excluding hydrogens is 360 g/mol. The molecule has 2 atom stereocenters. The summed E-state index contributed by atoms with van der Waals surface area (Å²) in [5.41, 5.74) is 4.83. The van der Waals surface area contributed by atoms with Crippen LogP contribution in [0.25, 0.3) is 5.57 Å². The fourth-order valence-corrected chi connectivity index (χ4v) is 4.63. The molecule has 4 rings (SSSR count). The summed E-state index contributed by atoms with van der Waals surface area (Å²) in [6.07, 6.45) is 1.15. The Kier molecular flexibility index (Phi) is 5.03. The minimum Gasteiger partial charge on any atom is -0.366 e. The van der Waals surface area contributed by atoms with E-state index in [1.165, 1.54) is 10.5 Å². The topological polar surface area (TPSA) is 40.6 Å². The van der Waals surface area contributed by atoms with Crippen LogP contribution < -0.4 is 4.90 Å². The molecule has 2 aromatic carbocycles. The number of nitrogens with zero attached hydrogens (tertiary/aromatic N) is 2. The number of piperidine rings is 1. The van der Waals surface area contributed by atoms with E-state index in [1.54, 1.807) is 0 Å². The van der Waals surface area contributed by atoms with Gasteiger partial charge in [0.2, 0.25) is 0 Å². The van der Waals surface area contributed by atoms with E-state index in [0.717, 1.165) is 30.6 Å². The molecule has 0 N–H and O–H groups in total. The Balaban J connectivity index is 1.86. The first-order valence-electron chi connectivity index (χ1n) is 10.4. The molecule has 2 aliphatic heterocycles. The highest BCUT2D eigenvalue weighted by atomic mass is 16.2. The van der Waals surface area contributed by atoms with Crippen molar-refractivity contribution in [1.29, 1.82) is 0 Å². The van der Waals surface area contributed by atoms with Crippen LogP contribution in [0.2, 0.25) is 0 Å². The van der Waals surface area contributed by atoms with Crippen molar-refractivity contribution >= 4 is 23.1 Å². The number of hydrogen-bond donors (Lipinski definition) is 0. The summed E-state index contributed by atoms with van der Waals surface area (Å²) in [5.74, 6) is 0.530. The lowest BCUT2D eigenvalue weighted by Crippen LogP contribution is -2.41. The van der Waals surface area contributed by atoms with Crippen LogP contribution >= 0.6 is 0 Å². The van der Waals surface area contributed by atoms with Gasteiger partial charge < -0.3 is 4.90 Å². The van der Waals surface area contributed by atoms with E-state index in [4.69, 9.17) is 0 Å². The number of amides is 2. The molecule has 1 saturated heterocycles. The van der Waals surface area contributed by atoms with Gasteiger partial charge in [-0.2, -0.15) is 0 Å². The van der Waals surface area contributed by atoms with Crippen LogP contribution in [0.5, 0.6) is 0 Å². The maximum absolute atomic E-state index is 13.6. The Morgan fingerprint density at radius 2 is 1.48 bits per heavy atom. The summed E-state index contributed by atoms with van der Waals surface area (Å²) >= 11 is 0. The minimum atomic E-state index is -0.231. The van der Waals surface area contributed by atoms with Gasteiger partial charge in [-0.25, -0.2) is 4.90 Å². The Morgan fingerprint density at radius 1 is 0.828 bits per heavy atom. The largest absolute Gasteiger partial charge is 0.366 e. The standard InChI is InChI=1S/C25H28N2O2/c1-16-12-17(2)15-26(14-16)23-22(20-11-10-18(3)19(4)13-20)24(28)27(25(23)29)21-8-6-5-7-9-21/h5-11,13,16-17H,12,14-15H2,1-4H3. The number of carbonyl (C=O) groups excluding carboxylic acids is 2. The first kappa shape index (κ1) is 19.4. The van der Waals surface area contributed by atoms with E-state index in [-0.39, 0.29) is 11.8 Å². The molecule has 0 radical (unpaired) electrons. The summed E-state index contributed by atoms with van der Waals surface area (Å²) in [7, 11) is 0. The zero-order valence-corrected chi connectivity index (χ0v) is 17.6. The van der Waals surface area contributed by atoms with Gasteiger partial charge in [-0.15, -0.1) is 0 Å². The van der Waals surface area contributed by atoms with Gasteiger partial charge in [-0.05, 0) is 60.9 Å². The Morgan fingerprint density at radius 3 is 2.10 bits per heavy atom. The highest BCUT2D eigenvalue weighted by molar-refractivity contribution is 6.45. The van der Waals surface area contributed by atoms with Crippen molar-refractivity contribution in [2.45, 2.75) is 34.1 Å². The summed E-state index contributed by atoms with van der Waals surface area (Å²) in [4.78, 5) is 30.6. The molecule has 2 aromatic rings. The zero-order chi connectivity index (χ0) is 20.7. The number of hydrogen-bond acceptors (Lipinski definition) is 3. The van der Waals surface area contributed by atoms with Gasteiger partial charge in [0.15, 0.2) is 0 Å². The second-order valence-electron chi connectivity index (χ2n) is 8.65. The maximum atomic E-state index is 13.6. The molecule has 2 amide bonds. The normalized spacial score (nSPS) is 22.6. The smallest absolute Gasteiger partial charge is 0.282 e. The average molecular weight is 389 g/mol. The molecule has 0 spiro atoms. The molecule has 0 aliphatic carbocycles. The fraction of sp³-hybridized carbons (Fsp3) is 0.360. The first-order valence-corrected chi connectivity index (χ1v) is 10.4. The molecule has 1 fully saturated rings. The molecule has 150 valence electrons. The third kappa shape index (κ3) is 3.48. The van der Waals surface area contributed by atoms with Crippen LogP contribution in [-0.2, 0) is 9.59 Å². The predicted octanol–water partition coefficient (Wildman–Crippen LogP) is 4.57. The van der Waals surface area contributed by atoms with Crippen molar-refractivity contribution < 1.29 is 9.59 Å². The number of para-hydroxylation sites is 1. The van der Waals surface area contributed by atoms with E-state index >= 15 is 0 Å². The number of anilines is 1. The average Bonchev–Trinajstić information content (AvgIpc) is 2.94. The third-order valence-corrected chi connectivity index (χ3v) is 6.05. The van der Waals surface area contributed by atoms with Gasteiger partial charge in [0.1, 0.15) is 5.70 Å². The van der Waals surface area contributed by atoms with Crippen LogP contribution in [0.1, 0.15) is 37.0 Å². The summed E-state index contributed by atoms with van der Waals surface area (Å²) in [5, 5.41) is 0. The van der Waals surface area contributed by atoms with Crippen molar-refractivity contribution in [3.63, 3.8) is 0 Å². The second kappa shape index (κ2) is 7.51. The molecule has 2 unspecified atom stereocenters. The lowest BCUT2D eigenvalue weighted by atomic mass is 9.90. The molecule has 29 heavy (non-hydrogen) atoms. The first-order chi connectivity index (χ1) is 13.9. The SMILES string of the molecule is Cc1ccc(C2=C(N3CC(C)CC(C)C3)C(=O)N(c3ccccc3)C2=O)cc1C. The Hall–Kier alpha value is -2.88. The number of rotatable bonds is 3. The molecular formula is C25H28N2O2. The van der Waals surface area contributed by atoms with Crippen molar-refractivity contribution in [3.8, 4) is 0 Å². The molecule has 0 bridgehead atoms. The van der Waals surface area contributed by atoms with Crippen molar-refractivity contribution in [2.24, 2.45) is 11.8 Å². The molecule has 4 nitrogen and oxygen atoms in total. The number of imide groups is 1. The third-order valence-electron chi connectivity index (χ3n) is 6.05. The second-order valence-corrected chi connectivity index (χ2v) is 8.65. The molecule has 2 aliphatic rings. The monoisotopic (exact) mass is 388 g/mol. The lowest BCUT2D eigenvalue weighted by molar-refractivity contribution is -0.120. The van der Waals surface area contributed by atoms with Crippen LogP contribution in [-0.4, -0.2) is 29.8 Å². The van der Waals surface area contributed by atoms with E-state index in [2.05, 4.69) is 25.7 Å². The van der Waals surface area contributed by atoms with Gasteiger partial charge in [0, 0.05) is 13.1 Å². The number of likely N-dealkylation sites (tertiary alicyclic amines) is 1. The predicted molar refractivity (Wildman–Crippen MR) is 116 cm³/mol. The van der Waals surface area contributed by atoms with Crippen molar-refractivity contribution in [2.75, 3.05) is 18.0 Å². The van der Waals surface area contributed by atoms with Gasteiger partial charge in [0.05, 0.1) is 11.3 Å². The van der Waals surface area contributed by atoms with Crippen molar-refractivity contribution in [1.82, 2.24) is 4.90 Å². The van der Waals surface area contributed by atoms with Gasteiger partial charge >= 0.3 is 0 Å². The molecule has 0 aromatic heterocycles. The lowest BCUT2D eigenvalue weighted by Gasteiger charge is -2.37. The molecule has 2 heterocycles. The molecule has 0 saturated carbocycles.